The van der Waals surface area contributed by atoms with Gasteiger partial charge in [0.15, 0.2) is 0 Å². The third-order valence-corrected chi connectivity index (χ3v) is 4.79. The zero-order chi connectivity index (χ0) is 14.8. The summed E-state index contributed by atoms with van der Waals surface area (Å²) in [6, 6.07) is 2.01. The van der Waals surface area contributed by atoms with Crippen LogP contribution in [0.3, 0.4) is 0 Å². The number of carbonyl (C=O) groups is 1. The number of piperazine rings is 1. The summed E-state index contributed by atoms with van der Waals surface area (Å²) in [6.07, 6.45) is 1.61. The summed E-state index contributed by atoms with van der Waals surface area (Å²) in [4.78, 5) is 25.0. The number of thiophene rings is 1. The Morgan fingerprint density at radius 2 is 2.00 bits per heavy atom. The van der Waals surface area contributed by atoms with E-state index >= 15 is 0 Å². The number of amides is 1. The van der Waals surface area contributed by atoms with Crippen molar-refractivity contribution in [2.24, 2.45) is 11.7 Å². The molecule has 0 saturated carbocycles. The van der Waals surface area contributed by atoms with Crippen molar-refractivity contribution in [2.75, 3.05) is 37.6 Å². The summed E-state index contributed by atoms with van der Waals surface area (Å²) in [5, 5.41) is 2.03. The molecule has 1 fully saturated rings. The predicted molar refractivity (Wildman–Crippen MR) is 98.9 cm³/mol. The van der Waals surface area contributed by atoms with E-state index in [9.17, 15) is 4.79 Å². The van der Waals surface area contributed by atoms with Gasteiger partial charge >= 0.3 is 0 Å². The van der Waals surface area contributed by atoms with Gasteiger partial charge in [0.1, 0.15) is 12.1 Å². The van der Waals surface area contributed by atoms with Gasteiger partial charge < -0.3 is 15.5 Å². The first kappa shape index (κ1) is 19.9. The maximum Gasteiger partial charge on any atom is 0.226 e. The summed E-state index contributed by atoms with van der Waals surface area (Å²) in [5.41, 5.74) is 6.56. The van der Waals surface area contributed by atoms with Gasteiger partial charge in [-0.2, -0.15) is 0 Å². The maximum absolute atomic E-state index is 12.1. The smallest absolute Gasteiger partial charge is 0.226 e. The molecule has 1 aliphatic heterocycles. The molecule has 1 saturated heterocycles. The highest BCUT2D eigenvalue weighted by atomic mass is 35.5. The Labute approximate surface area is 151 Å². The molecule has 128 valence electrons. The van der Waals surface area contributed by atoms with Crippen molar-refractivity contribution >= 4 is 58.1 Å². The van der Waals surface area contributed by atoms with E-state index in [-0.39, 0.29) is 36.6 Å². The van der Waals surface area contributed by atoms with Crippen LogP contribution in [0.5, 0.6) is 0 Å². The molecule has 9 heteroatoms. The molecular formula is C14H21Cl2N5OS. The van der Waals surface area contributed by atoms with E-state index in [4.69, 9.17) is 5.73 Å². The average molecular weight is 378 g/mol. The lowest BCUT2D eigenvalue weighted by Gasteiger charge is -2.36. The van der Waals surface area contributed by atoms with Crippen LogP contribution in [0.1, 0.15) is 6.92 Å². The zero-order valence-corrected chi connectivity index (χ0v) is 15.3. The molecule has 0 spiro atoms. The van der Waals surface area contributed by atoms with Crippen LogP contribution >= 0.6 is 36.2 Å². The zero-order valence-electron chi connectivity index (χ0n) is 12.8. The molecule has 6 nitrogen and oxygen atoms in total. The summed E-state index contributed by atoms with van der Waals surface area (Å²) in [6.45, 7) is 5.33. The van der Waals surface area contributed by atoms with Crippen molar-refractivity contribution in [3.05, 3.63) is 17.8 Å². The normalized spacial score (nSPS) is 15.7. The third kappa shape index (κ3) is 4.03. The number of carbonyl (C=O) groups excluding carboxylic acids is 1. The minimum absolute atomic E-state index is 0. The van der Waals surface area contributed by atoms with Crippen molar-refractivity contribution in [2.45, 2.75) is 6.92 Å². The second-order valence-electron chi connectivity index (χ2n) is 5.28. The largest absolute Gasteiger partial charge is 0.352 e. The number of anilines is 1. The first-order valence-corrected chi connectivity index (χ1v) is 8.00. The van der Waals surface area contributed by atoms with Crippen LogP contribution < -0.4 is 10.6 Å². The van der Waals surface area contributed by atoms with Crippen LogP contribution in [0, 0.1) is 5.92 Å². The average Bonchev–Trinajstić information content (AvgIpc) is 3.02. The molecular weight excluding hydrogens is 357 g/mol. The molecule has 1 atom stereocenters. The van der Waals surface area contributed by atoms with E-state index in [2.05, 4.69) is 14.9 Å². The highest BCUT2D eigenvalue weighted by molar-refractivity contribution is 7.17. The monoisotopic (exact) mass is 377 g/mol. The van der Waals surface area contributed by atoms with Crippen LogP contribution in [0.15, 0.2) is 17.8 Å². The number of aromatic nitrogens is 2. The van der Waals surface area contributed by atoms with Crippen molar-refractivity contribution in [1.82, 2.24) is 14.9 Å². The van der Waals surface area contributed by atoms with Gasteiger partial charge in [0.25, 0.3) is 0 Å². The lowest BCUT2D eigenvalue weighted by Crippen LogP contribution is -2.51. The number of nitrogens with zero attached hydrogens (tertiary/aromatic N) is 4. The number of hydrogen-bond donors (Lipinski definition) is 1. The van der Waals surface area contributed by atoms with Crippen LogP contribution in [0.25, 0.3) is 10.2 Å². The van der Waals surface area contributed by atoms with E-state index in [0.29, 0.717) is 6.54 Å². The van der Waals surface area contributed by atoms with Crippen LogP contribution in [0.2, 0.25) is 0 Å². The number of fused-ring (bicyclic) bond motifs is 1. The Morgan fingerprint density at radius 1 is 1.30 bits per heavy atom. The van der Waals surface area contributed by atoms with E-state index in [1.54, 1.807) is 17.7 Å². The Kier molecular flexibility index (Phi) is 7.47. The highest BCUT2D eigenvalue weighted by Crippen LogP contribution is 2.28. The lowest BCUT2D eigenvalue weighted by atomic mass is 10.1. The van der Waals surface area contributed by atoms with Crippen LogP contribution in [0.4, 0.5) is 5.82 Å². The highest BCUT2D eigenvalue weighted by Gasteiger charge is 2.25. The van der Waals surface area contributed by atoms with Crippen molar-refractivity contribution in [3.8, 4) is 0 Å². The van der Waals surface area contributed by atoms with Gasteiger partial charge in [-0.25, -0.2) is 9.97 Å². The van der Waals surface area contributed by atoms with E-state index < -0.39 is 0 Å². The molecule has 0 aliphatic carbocycles. The number of hydrogen-bond acceptors (Lipinski definition) is 6. The molecule has 0 radical (unpaired) electrons. The van der Waals surface area contributed by atoms with Gasteiger partial charge in [-0.05, 0) is 11.4 Å². The summed E-state index contributed by atoms with van der Waals surface area (Å²) in [5.74, 6) is 1.04. The third-order valence-electron chi connectivity index (χ3n) is 3.89. The second-order valence-corrected chi connectivity index (χ2v) is 6.20. The van der Waals surface area contributed by atoms with Crippen LogP contribution in [-0.4, -0.2) is 53.5 Å². The van der Waals surface area contributed by atoms with Gasteiger partial charge in [-0.15, -0.1) is 36.2 Å². The first-order valence-electron chi connectivity index (χ1n) is 7.12. The molecule has 23 heavy (non-hydrogen) atoms. The van der Waals surface area contributed by atoms with Gasteiger partial charge in [0.2, 0.25) is 5.91 Å². The van der Waals surface area contributed by atoms with Crippen molar-refractivity contribution in [3.63, 3.8) is 0 Å². The molecule has 0 aromatic carbocycles. The van der Waals surface area contributed by atoms with E-state index in [0.717, 1.165) is 42.2 Å². The maximum atomic E-state index is 12.1. The second kappa shape index (κ2) is 8.63. The molecule has 2 aromatic rings. The standard InChI is InChI=1S/C14H19N5OS.2ClH/c1-10(8-15)14(20)19-5-3-18(4-6-19)13-12-11(2-7-21-12)16-9-17-13;;/h2,7,9-10H,3-6,8,15H2,1H3;2*1H. The Hall–Kier alpha value is -1.15. The van der Waals surface area contributed by atoms with E-state index in [1.165, 1.54) is 0 Å². The van der Waals surface area contributed by atoms with Crippen molar-refractivity contribution in [1.29, 1.82) is 0 Å². The molecule has 1 amide bonds. The predicted octanol–water partition coefficient (Wildman–Crippen LogP) is 1.78. The summed E-state index contributed by atoms with van der Waals surface area (Å²) in [7, 11) is 0. The minimum atomic E-state index is -0.0976. The van der Waals surface area contributed by atoms with Crippen LogP contribution in [-0.2, 0) is 4.79 Å². The number of rotatable bonds is 3. The van der Waals surface area contributed by atoms with Gasteiger partial charge in [-0.3, -0.25) is 4.79 Å². The molecule has 0 bridgehead atoms. The van der Waals surface area contributed by atoms with E-state index in [1.807, 2.05) is 23.3 Å². The Morgan fingerprint density at radius 3 is 2.65 bits per heavy atom. The summed E-state index contributed by atoms with van der Waals surface area (Å²) < 4.78 is 1.12. The van der Waals surface area contributed by atoms with Gasteiger partial charge in [0.05, 0.1) is 10.2 Å². The SMILES string of the molecule is CC(CN)C(=O)N1CCN(c2ncnc3ccsc23)CC1.Cl.Cl. The Balaban J connectivity index is 0.00000132. The van der Waals surface area contributed by atoms with Crippen molar-refractivity contribution < 1.29 is 4.79 Å². The first-order chi connectivity index (χ1) is 10.2. The molecule has 3 heterocycles. The Bertz CT molecular complexity index is 645. The molecule has 2 N–H and O–H groups in total. The number of halogens is 2. The molecule has 1 unspecified atom stereocenters. The quantitative estimate of drug-likeness (QED) is 0.881. The summed E-state index contributed by atoms with van der Waals surface area (Å²) >= 11 is 1.66. The van der Waals surface area contributed by atoms with Gasteiger partial charge in [-0.1, -0.05) is 6.92 Å². The number of nitrogens with two attached hydrogens (primary N) is 1. The lowest BCUT2D eigenvalue weighted by molar-refractivity contribution is -0.134. The fraction of sp³-hybridized carbons (Fsp3) is 0.500. The topological polar surface area (TPSA) is 75.4 Å². The fourth-order valence-electron chi connectivity index (χ4n) is 2.55. The molecule has 1 aliphatic rings. The molecule has 3 rings (SSSR count). The minimum Gasteiger partial charge on any atom is -0.352 e. The molecule has 2 aromatic heterocycles. The van der Waals surface area contributed by atoms with Gasteiger partial charge in [0, 0.05) is 38.6 Å². The fourth-order valence-corrected chi connectivity index (χ4v) is 3.41.